The molecule has 208 valence electrons. The molecular formula is C31H39NO6P+. The lowest BCUT2D eigenvalue weighted by Crippen LogP contribution is -2.46. The fourth-order valence-corrected chi connectivity index (χ4v) is 5.85. The highest BCUT2D eigenvalue weighted by Crippen LogP contribution is 2.47. The van der Waals surface area contributed by atoms with E-state index >= 15 is 0 Å². The van der Waals surface area contributed by atoms with Crippen LogP contribution in [0.25, 0.3) is 0 Å². The molecule has 4 rings (SSSR count). The van der Waals surface area contributed by atoms with Gasteiger partial charge in [-0.15, -0.1) is 0 Å². The van der Waals surface area contributed by atoms with Crippen molar-refractivity contribution in [3.05, 3.63) is 83.9 Å². The second-order valence-corrected chi connectivity index (χ2v) is 11.4. The minimum absolute atomic E-state index is 0.0280. The summed E-state index contributed by atoms with van der Waals surface area (Å²) in [6, 6.07) is 23.5. The average Bonchev–Trinajstić information content (AvgIpc) is 2.96. The number of hydrogen-bond acceptors (Lipinski definition) is 6. The predicted octanol–water partition coefficient (Wildman–Crippen LogP) is 6.50. The van der Waals surface area contributed by atoms with Crippen LogP contribution < -0.4 is 19.5 Å². The van der Waals surface area contributed by atoms with Crippen LogP contribution in [0.4, 0.5) is 5.69 Å². The quantitative estimate of drug-likeness (QED) is 0.155. The number of benzene rings is 3. The van der Waals surface area contributed by atoms with Crippen LogP contribution in [0.1, 0.15) is 50.2 Å². The molecule has 1 aliphatic carbocycles. The SMILES string of the molecule is CCc1c(NCCCOc2ccc(OCc3ccccc3)cc2)cccc1OCC1([P+](=O)O)CCCCC1O. The maximum absolute atomic E-state index is 12.2. The van der Waals surface area contributed by atoms with Crippen molar-refractivity contribution >= 4 is 13.7 Å². The fourth-order valence-electron chi connectivity index (χ4n) is 4.94. The summed E-state index contributed by atoms with van der Waals surface area (Å²) in [6.45, 7) is 3.91. The lowest BCUT2D eigenvalue weighted by molar-refractivity contribution is 0.0548. The third-order valence-corrected chi connectivity index (χ3v) is 8.69. The van der Waals surface area contributed by atoms with Crippen molar-refractivity contribution < 1.29 is 28.8 Å². The Balaban J connectivity index is 1.23. The molecule has 3 unspecified atom stereocenters. The van der Waals surface area contributed by atoms with Gasteiger partial charge in [0.05, 0.1) is 6.61 Å². The van der Waals surface area contributed by atoms with Gasteiger partial charge in [-0.25, -0.2) is 0 Å². The van der Waals surface area contributed by atoms with Crippen LogP contribution >= 0.6 is 8.03 Å². The van der Waals surface area contributed by atoms with Crippen molar-refractivity contribution in [2.75, 3.05) is 25.1 Å². The van der Waals surface area contributed by atoms with E-state index in [0.29, 0.717) is 31.8 Å². The van der Waals surface area contributed by atoms with E-state index in [9.17, 15) is 14.6 Å². The van der Waals surface area contributed by atoms with Gasteiger partial charge in [-0.1, -0.05) is 49.7 Å². The summed E-state index contributed by atoms with van der Waals surface area (Å²) >= 11 is 0. The molecule has 0 aliphatic heterocycles. The molecule has 7 nitrogen and oxygen atoms in total. The van der Waals surface area contributed by atoms with Gasteiger partial charge in [-0.2, -0.15) is 4.89 Å². The summed E-state index contributed by atoms with van der Waals surface area (Å²) in [5.74, 6) is 2.28. The Kier molecular flexibility index (Phi) is 10.6. The summed E-state index contributed by atoms with van der Waals surface area (Å²) in [7, 11) is -2.57. The molecule has 3 N–H and O–H groups in total. The van der Waals surface area contributed by atoms with E-state index < -0.39 is 19.3 Å². The molecule has 0 amide bonds. The standard InChI is InChI=1S/C31H38NO6P/c1-2-27-28(12-8-13-29(27)38-23-31(39(34)35)19-7-6-14-30(31)33)32-20-9-21-36-25-15-17-26(18-16-25)37-22-24-10-4-3-5-11-24/h3-5,8,10-13,15-18,30,32-33H,2,6-7,9,14,19-23H2,1H3/p+1. The molecule has 0 heterocycles. The van der Waals surface area contributed by atoms with Crippen molar-refractivity contribution in [2.45, 2.75) is 63.3 Å². The molecule has 1 aliphatic rings. The fraction of sp³-hybridized carbons (Fsp3) is 0.419. The zero-order chi connectivity index (χ0) is 27.5. The molecule has 0 saturated heterocycles. The van der Waals surface area contributed by atoms with Crippen LogP contribution in [0.3, 0.4) is 0 Å². The molecule has 3 atom stereocenters. The van der Waals surface area contributed by atoms with Crippen molar-refractivity contribution in [1.29, 1.82) is 0 Å². The maximum Gasteiger partial charge on any atom is 0.518 e. The zero-order valence-electron chi connectivity index (χ0n) is 22.6. The number of ether oxygens (including phenoxy) is 3. The van der Waals surface area contributed by atoms with Crippen molar-refractivity contribution in [3.63, 3.8) is 0 Å². The Hall–Kier alpha value is -3.12. The largest absolute Gasteiger partial charge is 0.518 e. The third kappa shape index (κ3) is 7.72. The molecule has 0 spiro atoms. The first kappa shape index (κ1) is 28.9. The molecule has 0 aromatic heterocycles. The molecule has 1 fully saturated rings. The Morgan fingerprint density at radius 3 is 2.38 bits per heavy atom. The zero-order valence-corrected chi connectivity index (χ0v) is 23.4. The van der Waals surface area contributed by atoms with Crippen molar-refractivity contribution in [2.24, 2.45) is 0 Å². The van der Waals surface area contributed by atoms with Gasteiger partial charge in [0.15, 0.2) is 0 Å². The summed E-state index contributed by atoms with van der Waals surface area (Å²) in [6.07, 6.45) is 3.42. The van der Waals surface area contributed by atoms with Gasteiger partial charge in [0.1, 0.15) is 36.6 Å². The minimum atomic E-state index is -2.57. The van der Waals surface area contributed by atoms with Gasteiger partial charge in [-0.3, -0.25) is 0 Å². The Bertz CT molecular complexity index is 1190. The number of aliphatic hydroxyl groups is 1. The highest BCUT2D eigenvalue weighted by Gasteiger charge is 2.57. The predicted molar refractivity (Wildman–Crippen MR) is 154 cm³/mol. The Labute approximate surface area is 232 Å². The van der Waals surface area contributed by atoms with Gasteiger partial charge in [-0.05, 0) is 72.2 Å². The van der Waals surface area contributed by atoms with Crippen LogP contribution in [-0.4, -0.2) is 41.0 Å². The maximum atomic E-state index is 12.2. The summed E-state index contributed by atoms with van der Waals surface area (Å²) in [4.78, 5) is 10.0. The number of anilines is 1. The molecule has 0 radical (unpaired) electrons. The Morgan fingerprint density at radius 1 is 0.949 bits per heavy atom. The molecule has 0 bridgehead atoms. The molecule has 3 aromatic carbocycles. The van der Waals surface area contributed by atoms with E-state index in [2.05, 4.69) is 12.2 Å². The van der Waals surface area contributed by atoms with Crippen LogP contribution in [-0.2, 0) is 17.6 Å². The smallest absolute Gasteiger partial charge is 0.494 e. The van der Waals surface area contributed by atoms with Gasteiger partial charge in [0, 0.05) is 24.2 Å². The highest BCUT2D eigenvalue weighted by molar-refractivity contribution is 7.40. The average molecular weight is 553 g/mol. The van der Waals surface area contributed by atoms with Gasteiger partial charge in [0.2, 0.25) is 0 Å². The normalized spacial score (nSPS) is 19.3. The first-order chi connectivity index (χ1) is 19.0. The summed E-state index contributed by atoms with van der Waals surface area (Å²) in [5, 5.41) is 12.9. The lowest BCUT2D eigenvalue weighted by Gasteiger charge is -2.31. The number of nitrogens with one attached hydrogen (secondary N) is 1. The van der Waals surface area contributed by atoms with Gasteiger partial charge in [0.25, 0.3) is 5.16 Å². The lowest BCUT2D eigenvalue weighted by atomic mass is 9.86. The van der Waals surface area contributed by atoms with E-state index in [-0.39, 0.29) is 6.61 Å². The number of hydrogen-bond donors (Lipinski definition) is 3. The molecule has 39 heavy (non-hydrogen) atoms. The van der Waals surface area contributed by atoms with Gasteiger partial charge < -0.3 is 24.6 Å². The Morgan fingerprint density at radius 2 is 1.69 bits per heavy atom. The molecule has 3 aromatic rings. The van der Waals surface area contributed by atoms with Crippen LogP contribution in [0.5, 0.6) is 17.2 Å². The second-order valence-electron chi connectivity index (χ2n) is 9.94. The molecular weight excluding hydrogens is 513 g/mol. The second kappa shape index (κ2) is 14.3. The van der Waals surface area contributed by atoms with E-state index in [4.69, 9.17) is 14.2 Å². The van der Waals surface area contributed by atoms with E-state index in [1.165, 1.54) is 0 Å². The first-order valence-electron chi connectivity index (χ1n) is 13.7. The van der Waals surface area contributed by atoms with Crippen LogP contribution in [0, 0.1) is 0 Å². The summed E-state index contributed by atoms with van der Waals surface area (Å²) < 4.78 is 30.0. The van der Waals surface area contributed by atoms with Crippen LogP contribution in [0.2, 0.25) is 0 Å². The summed E-state index contributed by atoms with van der Waals surface area (Å²) in [5.41, 5.74) is 3.11. The van der Waals surface area contributed by atoms with Crippen molar-refractivity contribution in [1.82, 2.24) is 0 Å². The third-order valence-electron chi connectivity index (χ3n) is 7.28. The first-order valence-corrected chi connectivity index (χ1v) is 15.0. The highest BCUT2D eigenvalue weighted by atomic mass is 31.1. The van der Waals surface area contributed by atoms with E-state index in [1.807, 2.05) is 72.8 Å². The van der Waals surface area contributed by atoms with Gasteiger partial charge >= 0.3 is 8.03 Å². The molecule has 8 heteroatoms. The monoisotopic (exact) mass is 552 g/mol. The van der Waals surface area contributed by atoms with Crippen molar-refractivity contribution in [3.8, 4) is 17.2 Å². The van der Waals surface area contributed by atoms with E-state index in [1.54, 1.807) is 0 Å². The minimum Gasteiger partial charge on any atom is -0.494 e. The van der Waals surface area contributed by atoms with E-state index in [0.717, 1.165) is 60.5 Å². The number of aliphatic hydroxyl groups excluding tert-OH is 1. The topological polar surface area (TPSA) is 97.2 Å². The number of rotatable bonds is 14. The molecule has 1 saturated carbocycles. The van der Waals surface area contributed by atoms with Crippen LogP contribution in [0.15, 0.2) is 72.8 Å².